The normalized spacial score (nSPS) is 28.2. The van der Waals surface area contributed by atoms with E-state index in [1.165, 1.54) is 11.0 Å². The Bertz CT molecular complexity index is 1070. The van der Waals surface area contributed by atoms with Gasteiger partial charge < -0.3 is 29.1 Å². The third-order valence-corrected chi connectivity index (χ3v) is 7.90. The molecule has 3 saturated heterocycles. The van der Waals surface area contributed by atoms with Crippen molar-refractivity contribution in [1.82, 2.24) is 4.90 Å². The smallest absolute Gasteiger partial charge is 0.312 e. The molecule has 1 aromatic rings. The summed E-state index contributed by atoms with van der Waals surface area (Å²) in [5.41, 5.74) is -0.575. The number of likely N-dealkylation sites (tertiary alicyclic amines) is 1. The number of nitrogens with zero attached hydrogens (tertiary/aromatic N) is 2. The van der Waals surface area contributed by atoms with Gasteiger partial charge in [-0.15, -0.1) is 6.58 Å². The van der Waals surface area contributed by atoms with Crippen molar-refractivity contribution in [3.8, 4) is 5.75 Å². The van der Waals surface area contributed by atoms with Gasteiger partial charge in [0.15, 0.2) is 0 Å². The predicted molar refractivity (Wildman–Crippen MR) is 141 cm³/mol. The number of carbonyl (C=O) groups is 3. The van der Waals surface area contributed by atoms with E-state index in [9.17, 15) is 19.5 Å². The number of methoxy groups -OCH3 is 1. The number of ether oxygens (including phenoxy) is 3. The zero-order chi connectivity index (χ0) is 27.6. The van der Waals surface area contributed by atoms with Gasteiger partial charge in [-0.1, -0.05) is 32.6 Å². The van der Waals surface area contributed by atoms with E-state index in [1.54, 1.807) is 42.4 Å². The van der Waals surface area contributed by atoms with Crippen molar-refractivity contribution in [3.63, 3.8) is 0 Å². The minimum atomic E-state index is -1.19. The molecule has 1 N–H and O–H groups in total. The number of hydrogen-bond acceptors (Lipinski definition) is 7. The van der Waals surface area contributed by atoms with E-state index in [0.29, 0.717) is 30.7 Å². The highest BCUT2D eigenvalue weighted by molar-refractivity contribution is 6.04. The zero-order valence-electron chi connectivity index (χ0n) is 22.4. The molecule has 1 aromatic carbocycles. The molecule has 0 saturated carbocycles. The number of fused-ring (bicyclic) bond motifs is 1. The van der Waals surface area contributed by atoms with E-state index >= 15 is 0 Å². The first-order valence-electron chi connectivity index (χ1n) is 13.2. The lowest BCUT2D eigenvalue weighted by Crippen LogP contribution is -2.59. The second-order valence-electron chi connectivity index (χ2n) is 10.6. The zero-order valence-corrected chi connectivity index (χ0v) is 22.4. The van der Waals surface area contributed by atoms with Gasteiger partial charge in [0.25, 0.3) is 5.91 Å². The summed E-state index contributed by atoms with van der Waals surface area (Å²) in [4.78, 5) is 44.8. The van der Waals surface area contributed by atoms with Crippen molar-refractivity contribution in [3.05, 3.63) is 49.6 Å². The molecule has 3 fully saturated rings. The Hall–Kier alpha value is -3.17. The van der Waals surface area contributed by atoms with Crippen molar-refractivity contribution < 1.29 is 33.7 Å². The van der Waals surface area contributed by atoms with Crippen LogP contribution in [0.4, 0.5) is 5.69 Å². The molecular weight excluding hydrogens is 488 g/mol. The Morgan fingerprint density at radius 1 is 1.26 bits per heavy atom. The van der Waals surface area contributed by atoms with Crippen LogP contribution in [-0.2, 0) is 23.9 Å². The van der Waals surface area contributed by atoms with Crippen LogP contribution in [0.1, 0.15) is 33.1 Å². The van der Waals surface area contributed by atoms with Gasteiger partial charge in [-0.3, -0.25) is 14.4 Å². The van der Waals surface area contributed by atoms with Crippen LogP contribution in [-0.4, -0.2) is 78.4 Å². The number of benzene rings is 1. The van der Waals surface area contributed by atoms with Gasteiger partial charge in [-0.2, -0.15) is 0 Å². The van der Waals surface area contributed by atoms with E-state index < -0.39 is 41.6 Å². The highest BCUT2D eigenvalue weighted by Gasteiger charge is 2.75. The van der Waals surface area contributed by atoms with Crippen LogP contribution in [0.3, 0.4) is 0 Å². The molecule has 2 amide bonds. The van der Waals surface area contributed by atoms with Crippen molar-refractivity contribution in [2.24, 2.45) is 17.8 Å². The highest BCUT2D eigenvalue weighted by atomic mass is 16.6. The van der Waals surface area contributed by atoms with Crippen molar-refractivity contribution in [2.45, 2.75) is 56.9 Å². The first-order chi connectivity index (χ1) is 18.2. The molecule has 0 aromatic heterocycles. The van der Waals surface area contributed by atoms with Crippen LogP contribution in [0.15, 0.2) is 49.6 Å². The first kappa shape index (κ1) is 27.9. The van der Waals surface area contributed by atoms with E-state index in [0.717, 1.165) is 0 Å². The Kier molecular flexibility index (Phi) is 8.28. The predicted octanol–water partition coefficient (Wildman–Crippen LogP) is 2.72. The van der Waals surface area contributed by atoms with Crippen molar-refractivity contribution >= 4 is 23.5 Å². The van der Waals surface area contributed by atoms with E-state index in [2.05, 4.69) is 13.2 Å². The summed E-state index contributed by atoms with van der Waals surface area (Å²) in [6.45, 7) is 11.3. The number of carbonyl (C=O) groups excluding carboxylic acids is 3. The fraction of sp³-hybridized carbons (Fsp3) is 0.552. The molecule has 38 heavy (non-hydrogen) atoms. The molecule has 2 unspecified atom stereocenters. The van der Waals surface area contributed by atoms with Crippen LogP contribution >= 0.6 is 0 Å². The summed E-state index contributed by atoms with van der Waals surface area (Å²) in [6.07, 6.45) is 4.07. The number of aliphatic hydroxyl groups is 1. The fourth-order valence-corrected chi connectivity index (χ4v) is 6.45. The van der Waals surface area contributed by atoms with Crippen LogP contribution < -0.4 is 9.64 Å². The Labute approximate surface area is 224 Å². The molecule has 9 heteroatoms. The maximum absolute atomic E-state index is 14.5. The Morgan fingerprint density at radius 3 is 2.55 bits per heavy atom. The summed E-state index contributed by atoms with van der Waals surface area (Å²) < 4.78 is 17.1. The lowest BCUT2D eigenvalue weighted by molar-refractivity contribution is -0.155. The summed E-state index contributed by atoms with van der Waals surface area (Å²) in [6, 6.07) is 5.45. The van der Waals surface area contributed by atoms with Crippen LogP contribution in [0.25, 0.3) is 0 Å². The molecule has 2 bridgehead atoms. The topological polar surface area (TPSA) is 106 Å². The number of anilines is 1. The molecule has 6 atom stereocenters. The molecule has 0 radical (unpaired) electrons. The SMILES string of the molecule is C=CCOC(=O)[C@@H]1[C@H]2C(=O)N([C@@H](CO)CC(C)C)C(C(=O)N(CC=C)c3ccc(OC)cc3)C23CC[C@H]1O3. The summed E-state index contributed by atoms with van der Waals surface area (Å²) >= 11 is 0. The fourth-order valence-electron chi connectivity index (χ4n) is 6.45. The van der Waals surface area contributed by atoms with Gasteiger partial charge in [0.1, 0.15) is 24.0 Å². The third-order valence-electron chi connectivity index (χ3n) is 7.90. The Balaban J connectivity index is 1.79. The second-order valence-corrected chi connectivity index (χ2v) is 10.6. The summed E-state index contributed by atoms with van der Waals surface area (Å²) in [5.74, 6) is -2.09. The van der Waals surface area contributed by atoms with E-state index in [-0.39, 0.29) is 37.5 Å². The molecule has 3 aliphatic rings. The van der Waals surface area contributed by atoms with Gasteiger partial charge >= 0.3 is 5.97 Å². The van der Waals surface area contributed by atoms with Crippen LogP contribution in [0, 0.1) is 17.8 Å². The molecule has 206 valence electrons. The third kappa shape index (κ3) is 4.62. The number of rotatable bonds is 12. The van der Waals surface area contributed by atoms with Crippen molar-refractivity contribution in [1.29, 1.82) is 0 Å². The maximum Gasteiger partial charge on any atom is 0.312 e. The lowest BCUT2D eigenvalue weighted by Gasteiger charge is -2.39. The monoisotopic (exact) mass is 526 g/mol. The van der Waals surface area contributed by atoms with E-state index in [4.69, 9.17) is 14.2 Å². The van der Waals surface area contributed by atoms with E-state index in [1.807, 2.05) is 13.8 Å². The number of hydrogen-bond donors (Lipinski definition) is 1. The molecule has 3 aliphatic heterocycles. The van der Waals surface area contributed by atoms with Crippen LogP contribution in [0.5, 0.6) is 5.75 Å². The number of esters is 1. The molecule has 3 heterocycles. The van der Waals surface area contributed by atoms with Gasteiger partial charge in [-0.05, 0) is 49.4 Å². The quantitative estimate of drug-likeness (QED) is 0.330. The van der Waals surface area contributed by atoms with Crippen LogP contribution in [0.2, 0.25) is 0 Å². The number of amides is 2. The lowest BCUT2D eigenvalue weighted by atomic mass is 9.70. The molecule has 0 aliphatic carbocycles. The summed E-state index contributed by atoms with van der Waals surface area (Å²) in [7, 11) is 1.57. The maximum atomic E-state index is 14.5. The molecule has 4 rings (SSSR count). The number of aliphatic hydroxyl groups excluding tert-OH is 1. The second kappa shape index (κ2) is 11.3. The van der Waals surface area contributed by atoms with Gasteiger partial charge in [0.05, 0.1) is 37.7 Å². The standard InChI is InChI=1S/C29H38N2O7/c1-6-14-30(19-8-10-21(36-5)11-9-19)27(34)25-29-13-12-22(38-29)23(28(35)37-15-7-2)24(29)26(33)31(25)20(17-32)16-18(3)4/h6-11,18,20,22-25,32H,1-2,12-17H2,3-5H3/t20-,22-,23+,24+,25?,29?/m1/s1. The van der Waals surface area contributed by atoms with Gasteiger partial charge in [0, 0.05) is 12.2 Å². The highest BCUT2D eigenvalue weighted by Crippen LogP contribution is 2.59. The van der Waals surface area contributed by atoms with Gasteiger partial charge in [-0.25, -0.2) is 0 Å². The minimum Gasteiger partial charge on any atom is -0.497 e. The largest absolute Gasteiger partial charge is 0.497 e. The average molecular weight is 527 g/mol. The van der Waals surface area contributed by atoms with Crippen molar-refractivity contribution in [2.75, 3.05) is 31.8 Å². The molecule has 9 nitrogen and oxygen atoms in total. The average Bonchev–Trinajstić information content (AvgIpc) is 3.56. The molecule has 1 spiro atoms. The van der Waals surface area contributed by atoms with Gasteiger partial charge in [0.2, 0.25) is 5.91 Å². The Morgan fingerprint density at radius 2 is 1.97 bits per heavy atom. The first-order valence-corrected chi connectivity index (χ1v) is 13.2. The molecular formula is C29H38N2O7. The minimum absolute atomic E-state index is 0.0270. The summed E-state index contributed by atoms with van der Waals surface area (Å²) in [5, 5.41) is 10.4.